The fourth-order valence-electron chi connectivity index (χ4n) is 2.28. The molecule has 0 aromatic carbocycles. The van der Waals surface area contributed by atoms with Gasteiger partial charge in [0.1, 0.15) is 0 Å². The van der Waals surface area contributed by atoms with Gasteiger partial charge in [-0.3, -0.25) is 4.57 Å². The average Bonchev–Trinajstić information content (AvgIpc) is 2.32. The molecule has 5 heteroatoms. The molecular weight excluding hydrogens is 251 g/mol. The van der Waals surface area contributed by atoms with Crippen LogP contribution in [-0.2, 0) is 14.1 Å². The third-order valence-electron chi connectivity index (χ3n) is 4.02. The minimum absolute atomic E-state index is 0.394. The second-order valence-corrected chi connectivity index (χ2v) is 8.07. The van der Waals surface area contributed by atoms with Crippen molar-refractivity contribution in [2.24, 2.45) is 5.92 Å². The molecule has 108 valence electrons. The molecule has 0 bridgehead atoms. The Balaban J connectivity index is 2.39. The van der Waals surface area contributed by atoms with E-state index in [1.807, 2.05) is 6.92 Å². The summed E-state index contributed by atoms with van der Waals surface area (Å²) in [5.74, 6) is 0.642. The van der Waals surface area contributed by atoms with Crippen molar-refractivity contribution in [3.05, 3.63) is 0 Å². The molecule has 0 radical (unpaired) electrons. The molecule has 0 heterocycles. The van der Waals surface area contributed by atoms with E-state index in [-0.39, 0.29) is 0 Å². The molecule has 0 saturated heterocycles. The van der Waals surface area contributed by atoms with E-state index in [0.29, 0.717) is 12.5 Å². The van der Waals surface area contributed by atoms with E-state index in [0.717, 1.165) is 44.9 Å². The summed E-state index contributed by atoms with van der Waals surface area (Å²) in [6, 6.07) is 0. The van der Waals surface area contributed by atoms with Gasteiger partial charge in [0.05, 0.1) is 11.8 Å². The van der Waals surface area contributed by atoms with Crippen LogP contribution in [0.25, 0.3) is 0 Å². The van der Waals surface area contributed by atoms with E-state index in [4.69, 9.17) is 9.56 Å². The Bertz CT molecular complexity index is 285. The Labute approximate surface area is 111 Å². The highest BCUT2D eigenvalue weighted by molar-refractivity contribution is 7.54. The second-order valence-electron chi connectivity index (χ2n) is 5.80. The average molecular weight is 278 g/mol. The van der Waals surface area contributed by atoms with Gasteiger partial charge in [0, 0.05) is 0 Å². The molecule has 1 unspecified atom stereocenters. The van der Waals surface area contributed by atoms with Crippen LogP contribution >= 0.6 is 7.60 Å². The Morgan fingerprint density at radius 1 is 1.33 bits per heavy atom. The van der Waals surface area contributed by atoms with Crippen LogP contribution in [0.15, 0.2) is 0 Å². The molecule has 4 nitrogen and oxygen atoms in total. The van der Waals surface area contributed by atoms with Gasteiger partial charge >= 0.3 is 7.60 Å². The number of hydrogen-bond donors (Lipinski definition) is 1. The smallest absolute Gasteiger partial charge is 0.322 e. The maximum Gasteiger partial charge on any atom is 0.361 e. The van der Waals surface area contributed by atoms with Crippen molar-refractivity contribution in [2.45, 2.75) is 70.9 Å². The third kappa shape index (κ3) is 4.34. The summed E-state index contributed by atoms with van der Waals surface area (Å²) in [6.07, 6.45) is 6.45. The molecule has 0 aromatic heterocycles. The van der Waals surface area contributed by atoms with Crippen LogP contribution in [0.3, 0.4) is 0 Å². The van der Waals surface area contributed by atoms with Gasteiger partial charge in [-0.25, -0.2) is 4.89 Å². The van der Waals surface area contributed by atoms with Gasteiger partial charge in [0.15, 0.2) is 0 Å². The molecule has 0 aromatic rings. The lowest BCUT2D eigenvalue weighted by molar-refractivity contribution is -0.216. The molecule has 1 atom stereocenters. The van der Waals surface area contributed by atoms with Crippen molar-refractivity contribution in [1.82, 2.24) is 0 Å². The lowest BCUT2D eigenvalue weighted by Gasteiger charge is -2.37. The molecule has 0 amide bonds. The molecule has 0 spiro atoms. The number of rotatable bonds is 7. The first kappa shape index (κ1) is 16.2. The first-order valence-corrected chi connectivity index (χ1v) is 8.63. The van der Waals surface area contributed by atoms with Crippen molar-refractivity contribution in [3.8, 4) is 0 Å². The molecule has 0 aliphatic heterocycles. The summed E-state index contributed by atoms with van der Waals surface area (Å²) >= 11 is 0. The minimum atomic E-state index is -3.68. The highest BCUT2D eigenvalue weighted by atomic mass is 31.2. The molecule has 1 aliphatic rings. The fraction of sp³-hybridized carbons (Fsp3) is 1.00. The van der Waals surface area contributed by atoms with E-state index in [2.05, 4.69) is 13.8 Å². The summed E-state index contributed by atoms with van der Waals surface area (Å²) in [6.45, 7) is 6.52. The zero-order chi connectivity index (χ0) is 13.6. The van der Waals surface area contributed by atoms with Crippen LogP contribution in [-0.4, -0.2) is 16.7 Å². The van der Waals surface area contributed by atoms with Gasteiger partial charge < -0.3 is 4.89 Å². The van der Waals surface area contributed by atoms with Crippen molar-refractivity contribution in [3.63, 3.8) is 0 Å². The van der Waals surface area contributed by atoms with Crippen molar-refractivity contribution < 1.29 is 19.0 Å². The number of unbranched alkanes of at least 4 members (excludes halogenated alkanes) is 2. The van der Waals surface area contributed by atoms with Crippen LogP contribution in [0.5, 0.6) is 0 Å². The molecule has 1 fully saturated rings. The molecule has 1 N–H and O–H groups in total. The standard InChI is InChI=1S/C13H27O4P/c1-4-5-6-11-16-17-18(14,15)13(3)9-7-12(2)8-10-13/h12H,4-11H2,1-3H3,(H,14,15). The van der Waals surface area contributed by atoms with E-state index in [1.54, 1.807) is 0 Å². The van der Waals surface area contributed by atoms with Crippen LogP contribution < -0.4 is 0 Å². The first-order chi connectivity index (χ1) is 8.41. The molecule has 1 saturated carbocycles. The van der Waals surface area contributed by atoms with Gasteiger partial charge in [-0.15, -0.1) is 4.67 Å². The maximum absolute atomic E-state index is 12.2. The molecule has 1 aliphatic carbocycles. The molecule has 1 rings (SSSR count). The quantitative estimate of drug-likeness (QED) is 0.327. The SMILES string of the molecule is CCCCCOOP(=O)(O)C1(C)CCC(C)CC1. The Kier molecular flexibility index (Phi) is 6.32. The van der Waals surface area contributed by atoms with E-state index in [1.165, 1.54) is 0 Å². The van der Waals surface area contributed by atoms with Crippen molar-refractivity contribution in [1.29, 1.82) is 0 Å². The normalized spacial score (nSPS) is 32.1. The summed E-state index contributed by atoms with van der Waals surface area (Å²) in [5.41, 5.74) is 0. The van der Waals surface area contributed by atoms with Gasteiger partial charge in [-0.1, -0.05) is 26.7 Å². The highest BCUT2D eigenvalue weighted by Crippen LogP contribution is 2.61. The fourth-order valence-corrected chi connectivity index (χ4v) is 3.50. The topological polar surface area (TPSA) is 55.8 Å². The van der Waals surface area contributed by atoms with Gasteiger partial charge in [-0.2, -0.15) is 0 Å². The van der Waals surface area contributed by atoms with Gasteiger partial charge in [0.2, 0.25) is 0 Å². The third-order valence-corrected chi connectivity index (χ3v) is 6.14. The van der Waals surface area contributed by atoms with Gasteiger partial charge in [0.25, 0.3) is 0 Å². The highest BCUT2D eigenvalue weighted by Gasteiger charge is 2.47. The lowest BCUT2D eigenvalue weighted by Crippen LogP contribution is -2.31. The minimum Gasteiger partial charge on any atom is -0.322 e. The van der Waals surface area contributed by atoms with Crippen LogP contribution in [0.4, 0.5) is 0 Å². The van der Waals surface area contributed by atoms with Crippen molar-refractivity contribution in [2.75, 3.05) is 6.61 Å². The monoisotopic (exact) mass is 278 g/mol. The van der Waals surface area contributed by atoms with Crippen molar-refractivity contribution >= 4 is 7.60 Å². The Morgan fingerprint density at radius 2 is 1.94 bits per heavy atom. The predicted molar refractivity (Wildman–Crippen MR) is 72.4 cm³/mol. The first-order valence-electron chi connectivity index (χ1n) is 7.05. The lowest BCUT2D eigenvalue weighted by atomic mass is 9.83. The molecule has 18 heavy (non-hydrogen) atoms. The van der Waals surface area contributed by atoms with E-state index < -0.39 is 12.8 Å². The molecular formula is C13H27O4P. The zero-order valence-corrected chi connectivity index (χ0v) is 12.7. The summed E-state index contributed by atoms with van der Waals surface area (Å²) < 4.78 is 17.1. The Morgan fingerprint density at radius 3 is 2.50 bits per heavy atom. The maximum atomic E-state index is 12.2. The number of hydrogen-bond acceptors (Lipinski definition) is 3. The second kappa shape index (κ2) is 7.04. The van der Waals surface area contributed by atoms with E-state index in [9.17, 15) is 9.46 Å². The zero-order valence-electron chi connectivity index (χ0n) is 11.9. The Hall–Kier alpha value is 0.110. The van der Waals surface area contributed by atoms with E-state index >= 15 is 0 Å². The van der Waals surface area contributed by atoms with Crippen LogP contribution in [0.2, 0.25) is 0 Å². The van der Waals surface area contributed by atoms with Crippen LogP contribution in [0, 0.1) is 5.92 Å². The summed E-state index contributed by atoms with van der Waals surface area (Å²) in [4.78, 5) is 15.0. The van der Waals surface area contributed by atoms with Crippen LogP contribution in [0.1, 0.15) is 65.7 Å². The largest absolute Gasteiger partial charge is 0.361 e. The van der Waals surface area contributed by atoms with Gasteiger partial charge in [-0.05, 0) is 44.9 Å². The summed E-state index contributed by atoms with van der Waals surface area (Å²) in [7, 11) is -3.68. The predicted octanol–water partition coefficient (Wildman–Crippen LogP) is 4.28. The summed E-state index contributed by atoms with van der Waals surface area (Å²) in [5, 5.41) is -0.635.